The van der Waals surface area contributed by atoms with Crippen molar-refractivity contribution in [3.63, 3.8) is 0 Å². The lowest BCUT2D eigenvalue weighted by Crippen LogP contribution is -2.28. The molecule has 3 heterocycles. The second kappa shape index (κ2) is 7.46. The van der Waals surface area contributed by atoms with Gasteiger partial charge in [-0.05, 0) is 54.1 Å². The average molecular weight is 410 g/mol. The fraction of sp³-hybridized carbons (Fsp3) is 0.0417. The number of methoxy groups -OCH3 is 1. The molecule has 0 atom stereocenters. The van der Waals surface area contributed by atoms with Crippen molar-refractivity contribution in [2.45, 2.75) is 0 Å². The van der Waals surface area contributed by atoms with Crippen LogP contribution in [0.2, 0.25) is 0 Å². The van der Waals surface area contributed by atoms with Crippen LogP contribution in [-0.2, 0) is 4.79 Å². The Kier molecular flexibility index (Phi) is 4.48. The molecular weight excluding hydrogens is 392 g/mol. The van der Waals surface area contributed by atoms with E-state index in [1.165, 1.54) is 6.20 Å². The number of hydrogen-bond acceptors (Lipinski definition) is 4. The Morgan fingerprint density at radius 2 is 2.00 bits per heavy atom. The summed E-state index contributed by atoms with van der Waals surface area (Å²) in [6, 6.07) is 16.6. The fourth-order valence-corrected chi connectivity index (χ4v) is 3.61. The quantitative estimate of drug-likeness (QED) is 0.303. The van der Waals surface area contributed by atoms with E-state index in [2.05, 4.69) is 15.5 Å². The van der Waals surface area contributed by atoms with Gasteiger partial charge in [0.2, 0.25) is 5.69 Å². The molecule has 1 aliphatic rings. The predicted molar refractivity (Wildman–Crippen MR) is 120 cm³/mol. The lowest BCUT2D eigenvalue weighted by Gasteiger charge is -2.03. The molecule has 2 aromatic carbocycles. The zero-order valence-electron chi connectivity index (χ0n) is 16.6. The summed E-state index contributed by atoms with van der Waals surface area (Å²) < 4.78 is 6.09. The van der Waals surface area contributed by atoms with Crippen LogP contribution in [0.25, 0.3) is 34.7 Å². The molecule has 0 aliphatic carbocycles. The highest BCUT2D eigenvalue weighted by Crippen LogP contribution is 2.36. The van der Waals surface area contributed by atoms with Gasteiger partial charge in [0, 0.05) is 40.4 Å². The summed E-state index contributed by atoms with van der Waals surface area (Å²) in [4.78, 5) is 12.5. The Labute approximate surface area is 177 Å². The van der Waals surface area contributed by atoms with Gasteiger partial charge in [-0.25, -0.2) is 0 Å². The predicted octanol–water partition coefficient (Wildman–Crippen LogP) is 3.87. The molecule has 5 rings (SSSR count). The molecule has 0 fully saturated rings. The zero-order valence-corrected chi connectivity index (χ0v) is 16.6. The summed E-state index contributed by atoms with van der Waals surface area (Å²) in [5.41, 5.74) is 5.12. The fourth-order valence-electron chi connectivity index (χ4n) is 3.61. The van der Waals surface area contributed by atoms with Gasteiger partial charge in [0.15, 0.2) is 6.20 Å². The molecule has 31 heavy (non-hydrogen) atoms. The minimum absolute atomic E-state index is 0.148. The summed E-state index contributed by atoms with van der Waals surface area (Å²) in [5, 5.41) is 23.0. The first-order valence-corrected chi connectivity index (χ1v) is 9.68. The number of aromatic nitrogens is 3. The van der Waals surface area contributed by atoms with E-state index in [-0.39, 0.29) is 5.91 Å². The Morgan fingerprint density at radius 3 is 2.84 bits per heavy atom. The number of anilines is 1. The third-order valence-corrected chi connectivity index (χ3v) is 5.20. The Bertz CT molecular complexity index is 1380. The number of pyridine rings is 1. The first kappa shape index (κ1) is 18.6. The summed E-state index contributed by atoms with van der Waals surface area (Å²) in [5.74, 6) is 0.546. The van der Waals surface area contributed by atoms with Crippen LogP contribution in [0.1, 0.15) is 22.5 Å². The van der Waals surface area contributed by atoms with Gasteiger partial charge in [0.25, 0.3) is 5.91 Å². The number of fused-ring (bicyclic) bond motifs is 2. The van der Waals surface area contributed by atoms with Crippen LogP contribution in [0.4, 0.5) is 5.69 Å². The van der Waals surface area contributed by atoms with E-state index in [0.29, 0.717) is 17.0 Å². The lowest BCUT2D eigenvalue weighted by atomic mass is 10.0. The molecule has 0 bridgehead atoms. The summed E-state index contributed by atoms with van der Waals surface area (Å²) >= 11 is 0. The Balaban J connectivity index is 1.48. The maximum absolute atomic E-state index is 12.5. The highest BCUT2D eigenvalue weighted by molar-refractivity contribution is 6.35. The van der Waals surface area contributed by atoms with Gasteiger partial charge in [-0.1, -0.05) is 6.07 Å². The van der Waals surface area contributed by atoms with E-state index < -0.39 is 0 Å². The van der Waals surface area contributed by atoms with Crippen molar-refractivity contribution in [1.29, 1.82) is 0 Å². The van der Waals surface area contributed by atoms with Crippen molar-refractivity contribution in [3.05, 3.63) is 88.5 Å². The summed E-state index contributed by atoms with van der Waals surface area (Å²) in [6.07, 6.45) is 6.83. The number of hydrogen-bond donors (Lipinski definition) is 2. The van der Waals surface area contributed by atoms with Crippen LogP contribution in [0.15, 0.2) is 60.8 Å². The number of carbonyl (C=O) groups excluding carboxylic acids is 1. The first-order valence-electron chi connectivity index (χ1n) is 9.68. The lowest BCUT2D eigenvalue weighted by molar-refractivity contribution is -0.607. The monoisotopic (exact) mass is 410 g/mol. The van der Waals surface area contributed by atoms with Crippen molar-refractivity contribution in [1.82, 2.24) is 10.2 Å². The highest BCUT2D eigenvalue weighted by Gasteiger charge is 2.24. The third kappa shape index (κ3) is 3.42. The Morgan fingerprint density at radius 1 is 1.10 bits per heavy atom. The molecule has 152 valence electrons. The number of benzene rings is 2. The standard InChI is InChI=1S/C24H18N4O3/c1-31-17-7-10-21-19(14-17)20(24(29)25-21)12-15-5-8-18-22(26-27-23(18)13-15)9-6-16-4-2-3-11-28(16)30/h2-14H,1H3,(H,25,29)(H,26,27)/b9-6?,20-12+. The van der Waals surface area contributed by atoms with Gasteiger partial charge in [-0.3, -0.25) is 9.89 Å². The molecule has 4 aromatic rings. The second-order valence-corrected chi connectivity index (χ2v) is 7.12. The second-order valence-electron chi connectivity index (χ2n) is 7.12. The van der Waals surface area contributed by atoms with E-state index in [0.717, 1.165) is 38.1 Å². The molecule has 0 radical (unpaired) electrons. The average Bonchev–Trinajstić information content (AvgIpc) is 3.33. The maximum Gasteiger partial charge on any atom is 0.256 e. The molecule has 0 saturated heterocycles. The van der Waals surface area contributed by atoms with E-state index in [4.69, 9.17) is 4.74 Å². The molecule has 2 aromatic heterocycles. The maximum atomic E-state index is 12.5. The first-order chi connectivity index (χ1) is 15.1. The molecule has 0 unspecified atom stereocenters. The molecule has 1 aliphatic heterocycles. The van der Waals surface area contributed by atoms with Crippen LogP contribution in [-0.4, -0.2) is 23.2 Å². The molecule has 7 heteroatoms. The summed E-state index contributed by atoms with van der Waals surface area (Å²) in [6.45, 7) is 0. The van der Waals surface area contributed by atoms with Gasteiger partial charge < -0.3 is 15.3 Å². The van der Waals surface area contributed by atoms with Crippen molar-refractivity contribution < 1.29 is 14.3 Å². The number of carbonyl (C=O) groups is 1. The summed E-state index contributed by atoms with van der Waals surface area (Å²) in [7, 11) is 1.60. The van der Waals surface area contributed by atoms with Crippen LogP contribution < -0.4 is 14.8 Å². The van der Waals surface area contributed by atoms with Crippen LogP contribution in [0, 0.1) is 5.21 Å². The number of ether oxygens (including phenoxy) is 1. The number of rotatable bonds is 4. The number of nitrogens with one attached hydrogen (secondary N) is 2. The number of aromatic amines is 1. The molecule has 0 saturated carbocycles. The third-order valence-electron chi connectivity index (χ3n) is 5.20. The Hall–Kier alpha value is -4.39. The van der Waals surface area contributed by atoms with Gasteiger partial charge >= 0.3 is 0 Å². The number of H-pyrrole nitrogens is 1. The van der Waals surface area contributed by atoms with Crippen molar-refractivity contribution in [3.8, 4) is 5.75 Å². The van der Waals surface area contributed by atoms with Crippen LogP contribution >= 0.6 is 0 Å². The molecule has 0 spiro atoms. The van der Waals surface area contributed by atoms with E-state index in [9.17, 15) is 10.0 Å². The van der Waals surface area contributed by atoms with Gasteiger partial charge in [0.05, 0.1) is 18.3 Å². The van der Waals surface area contributed by atoms with Gasteiger partial charge in [0.1, 0.15) is 5.75 Å². The van der Waals surface area contributed by atoms with Crippen LogP contribution in [0.3, 0.4) is 0 Å². The topological polar surface area (TPSA) is 93.9 Å². The number of amides is 1. The smallest absolute Gasteiger partial charge is 0.256 e. The minimum Gasteiger partial charge on any atom is -0.618 e. The van der Waals surface area contributed by atoms with Crippen molar-refractivity contribution in [2.75, 3.05) is 12.4 Å². The van der Waals surface area contributed by atoms with Crippen molar-refractivity contribution >= 4 is 46.3 Å². The van der Waals surface area contributed by atoms with E-state index in [1.807, 2.05) is 48.5 Å². The normalized spacial score (nSPS) is 14.4. The highest BCUT2D eigenvalue weighted by atomic mass is 16.5. The molecule has 7 nitrogen and oxygen atoms in total. The largest absolute Gasteiger partial charge is 0.618 e. The zero-order chi connectivity index (χ0) is 21.4. The SMILES string of the molecule is COc1ccc2c(c1)/C(=C\c1ccc3c(C=Cc4cccc[n+]4[O-])n[nH]c3c1)C(=O)N2. The van der Waals surface area contributed by atoms with Gasteiger partial charge in [-0.15, -0.1) is 0 Å². The number of nitrogens with zero attached hydrogens (tertiary/aromatic N) is 2. The molecular formula is C24H18N4O3. The van der Waals surface area contributed by atoms with E-state index in [1.54, 1.807) is 31.4 Å². The minimum atomic E-state index is -0.148. The van der Waals surface area contributed by atoms with Crippen LogP contribution in [0.5, 0.6) is 5.75 Å². The molecule has 1 amide bonds. The van der Waals surface area contributed by atoms with E-state index >= 15 is 0 Å². The van der Waals surface area contributed by atoms with Gasteiger partial charge in [-0.2, -0.15) is 9.83 Å². The van der Waals surface area contributed by atoms with Crippen molar-refractivity contribution in [2.24, 2.45) is 0 Å². The molecule has 2 N–H and O–H groups in total.